The molecular weight excluding hydrogens is 457 g/mol. The molecule has 2 heterocycles. The first-order valence-electron chi connectivity index (χ1n) is 10.0. The van der Waals surface area contributed by atoms with E-state index in [9.17, 15) is 0 Å². The standard InChI is InChI=1S/C22H22Cl3N5O/c23-22(24,25)20-26-19(18-8-6-17(7-9-18)16-4-2-1-3-5-16)27-21(28-20)30-12-10-29(11-13-30)14-15-31/h1-9,31H,10-15H2. The molecule has 6 nitrogen and oxygen atoms in total. The number of hydrogen-bond acceptors (Lipinski definition) is 6. The summed E-state index contributed by atoms with van der Waals surface area (Å²) >= 11 is 18.4. The monoisotopic (exact) mass is 477 g/mol. The molecule has 1 fully saturated rings. The topological polar surface area (TPSA) is 65.4 Å². The molecule has 1 saturated heterocycles. The lowest BCUT2D eigenvalue weighted by molar-refractivity contribution is 0.188. The molecule has 0 unspecified atom stereocenters. The van der Waals surface area contributed by atoms with Crippen LogP contribution in [0.5, 0.6) is 0 Å². The Labute approximate surface area is 196 Å². The van der Waals surface area contributed by atoms with Crippen molar-refractivity contribution in [2.75, 3.05) is 44.2 Å². The molecule has 0 aliphatic carbocycles. The maximum Gasteiger partial charge on any atom is 0.250 e. The normalized spacial score (nSPS) is 15.3. The summed E-state index contributed by atoms with van der Waals surface area (Å²) < 4.78 is -1.75. The number of halogens is 3. The van der Waals surface area contributed by atoms with Gasteiger partial charge < -0.3 is 10.0 Å². The van der Waals surface area contributed by atoms with Crippen LogP contribution in [-0.2, 0) is 3.79 Å². The van der Waals surface area contributed by atoms with Gasteiger partial charge in [0.25, 0.3) is 0 Å². The molecule has 0 radical (unpaired) electrons. The molecule has 0 bridgehead atoms. The van der Waals surface area contributed by atoms with Crippen LogP contribution in [0.25, 0.3) is 22.5 Å². The number of benzene rings is 2. The fourth-order valence-electron chi connectivity index (χ4n) is 3.52. The molecule has 1 aliphatic heterocycles. The van der Waals surface area contributed by atoms with E-state index in [0.717, 1.165) is 42.9 Å². The summed E-state index contributed by atoms with van der Waals surface area (Å²) in [6.07, 6.45) is 0. The van der Waals surface area contributed by atoms with E-state index in [1.54, 1.807) is 0 Å². The van der Waals surface area contributed by atoms with Crippen LogP contribution in [0.4, 0.5) is 5.95 Å². The van der Waals surface area contributed by atoms with Gasteiger partial charge in [0.1, 0.15) is 0 Å². The Morgan fingerprint density at radius 1 is 0.774 bits per heavy atom. The minimum atomic E-state index is -1.75. The number of hydrogen-bond donors (Lipinski definition) is 1. The van der Waals surface area contributed by atoms with Gasteiger partial charge >= 0.3 is 0 Å². The van der Waals surface area contributed by atoms with Crippen molar-refractivity contribution in [3.8, 4) is 22.5 Å². The number of piperazine rings is 1. The molecule has 31 heavy (non-hydrogen) atoms. The van der Waals surface area contributed by atoms with Crippen molar-refractivity contribution in [3.05, 3.63) is 60.4 Å². The largest absolute Gasteiger partial charge is 0.395 e. The zero-order valence-corrected chi connectivity index (χ0v) is 19.0. The van der Waals surface area contributed by atoms with E-state index in [1.165, 1.54) is 0 Å². The van der Waals surface area contributed by atoms with Crippen LogP contribution in [0, 0.1) is 0 Å². The van der Waals surface area contributed by atoms with Gasteiger partial charge in [0, 0.05) is 38.3 Å². The van der Waals surface area contributed by atoms with E-state index in [2.05, 4.69) is 36.9 Å². The molecule has 9 heteroatoms. The predicted octanol–water partition coefficient (Wildman–Crippen LogP) is 4.15. The first-order chi connectivity index (χ1) is 14.9. The first kappa shape index (κ1) is 22.2. The molecule has 0 spiro atoms. The molecule has 0 atom stereocenters. The smallest absolute Gasteiger partial charge is 0.250 e. The molecule has 1 aromatic heterocycles. The fourth-order valence-corrected chi connectivity index (χ4v) is 3.77. The van der Waals surface area contributed by atoms with Gasteiger partial charge in [-0.25, -0.2) is 4.98 Å². The zero-order chi connectivity index (χ0) is 21.8. The van der Waals surface area contributed by atoms with Crippen molar-refractivity contribution >= 4 is 40.8 Å². The lowest BCUT2D eigenvalue weighted by atomic mass is 10.0. The fraction of sp³-hybridized carbons (Fsp3) is 0.318. The van der Waals surface area contributed by atoms with E-state index >= 15 is 0 Å². The van der Waals surface area contributed by atoms with E-state index in [4.69, 9.17) is 39.9 Å². The minimum absolute atomic E-state index is 0.0995. The number of rotatable bonds is 5. The van der Waals surface area contributed by atoms with Crippen molar-refractivity contribution in [2.24, 2.45) is 0 Å². The van der Waals surface area contributed by atoms with E-state index in [-0.39, 0.29) is 12.4 Å². The van der Waals surface area contributed by atoms with Gasteiger partial charge in [-0.1, -0.05) is 89.4 Å². The van der Waals surface area contributed by atoms with Gasteiger partial charge in [-0.05, 0) is 11.1 Å². The molecule has 4 rings (SSSR count). The van der Waals surface area contributed by atoms with Gasteiger partial charge in [-0.2, -0.15) is 9.97 Å². The molecule has 0 amide bonds. The maximum absolute atomic E-state index is 9.15. The number of anilines is 1. The second kappa shape index (κ2) is 9.67. The van der Waals surface area contributed by atoms with Crippen LogP contribution in [0.2, 0.25) is 0 Å². The minimum Gasteiger partial charge on any atom is -0.395 e. The van der Waals surface area contributed by atoms with Crippen molar-refractivity contribution in [1.29, 1.82) is 0 Å². The number of aliphatic hydroxyl groups is 1. The van der Waals surface area contributed by atoms with E-state index in [1.807, 2.05) is 42.5 Å². The highest BCUT2D eigenvalue weighted by Crippen LogP contribution is 2.37. The summed E-state index contributed by atoms with van der Waals surface area (Å²) in [5.41, 5.74) is 3.05. The van der Waals surface area contributed by atoms with Gasteiger partial charge in [0.15, 0.2) is 11.6 Å². The Morgan fingerprint density at radius 2 is 1.39 bits per heavy atom. The summed E-state index contributed by atoms with van der Waals surface area (Å²) in [5, 5.41) is 9.15. The van der Waals surface area contributed by atoms with Crippen molar-refractivity contribution in [1.82, 2.24) is 19.9 Å². The van der Waals surface area contributed by atoms with Crippen LogP contribution in [0.1, 0.15) is 5.82 Å². The average molecular weight is 479 g/mol. The van der Waals surface area contributed by atoms with Gasteiger partial charge in [0.05, 0.1) is 6.61 Å². The van der Waals surface area contributed by atoms with Gasteiger partial charge in [-0.3, -0.25) is 4.90 Å². The average Bonchev–Trinajstić information content (AvgIpc) is 2.80. The van der Waals surface area contributed by atoms with Crippen LogP contribution < -0.4 is 4.90 Å². The third-order valence-electron chi connectivity index (χ3n) is 5.20. The highest BCUT2D eigenvalue weighted by molar-refractivity contribution is 6.66. The molecule has 1 N–H and O–H groups in total. The maximum atomic E-state index is 9.15. The zero-order valence-electron chi connectivity index (χ0n) is 16.8. The Kier molecular flexibility index (Phi) is 6.94. The number of β-amino-alcohol motifs (C(OH)–C–C–N with tert-alkyl or cyclic N) is 1. The first-order valence-corrected chi connectivity index (χ1v) is 11.1. The molecule has 3 aromatic rings. The third kappa shape index (κ3) is 5.45. The third-order valence-corrected chi connectivity index (χ3v) is 5.71. The Morgan fingerprint density at radius 3 is 2.00 bits per heavy atom. The molecule has 2 aromatic carbocycles. The molecule has 1 aliphatic rings. The Hall–Kier alpha value is -1.96. The van der Waals surface area contributed by atoms with Gasteiger partial charge in [0.2, 0.25) is 9.74 Å². The highest BCUT2D eigenvalue weighted by Gasteiger charge is 2.30. The van der Waals surface area contributed by atoms with Crippen LogP contribution >= 0.6 is 34.8 Å². The Bertz CT molecular complexity index is 1000. The summed E-state index contributed by atoms with van der Waals surface area (Å²) in [5.74, 6) is 1.05. The second-order valence-corrected chi connectivity index (χ2v) is 9.56. The highest BCUT2D eigenvalue weighted by atomic mass is 35.6. The van der Waals surface area contributed by atoms with E-state index in [0.29, 0.717) is 18.3 Å². The lowest BCUT2D eigenvalue weighted by Crippen LogP contribution is -2.48. The lowest BCUT2D eigenvalue weighted by Gasteiger charge is -2.34. The summed E-state index contributed by atoms with van der Waals surface area (Å²) in [6.45, 7) is 3.84. The predicted molar refractivity (Wildman–Crippen MR) is 126 cm³/mol. The van der Waals surface area contributed by atoms with Crippen LogP contribution in [0.3, 0.4) is 0 Å². The quantitative estimate of drug-likeness (QED) is 0.556. The van der Waals surface area contributed by atoms with Crippen LogP contribution in [-0.4, -0.2) is 64.3 Å². The number of alkyl halides is 3. The van der Waals surface area contributed by atoms with Gasteiger partial charge in [-0.15, -0.1) is 0 Å². The number of aromatic nitrogens is 3. The van der Waals surface area contributed by atoms with Crippen molar-refractivity contribution < 1.29 is 5.11 Å². The summed E-state index contributed by atoms with van der Waals surface area (Å²) in [6, 6.07) is 18.1. The molecular formula is C22H22Cl3N5O. The number of nitrogens with zero attached hydrogens (tertiary/aromatic N) is 5. The SMILES string of the molecule is OCCN1CCN(c2nc(-c3ccc(-c4ccccc4)cc3)nc(C(Cl)(Cl)Cl)n2)CC1. The van der Waals surface area contributed by atoms with E-state index < -0.39 is 3.79 Å². The van der Waals surface area contributed by atoms with Crippen molar-refractivity contribution in [3.63, 3.8) is 0 Å². The van der Waals surface area contributed by atoms with Crippen LogP contribution in [0.15, 0.2) is 54.6 Å². The number of aliphatic hydroxyl groups excluding tert-OH is 1. The summed E-state index contributed by atoms with van der Waals surface area (Å²) in [7, 11) is 0. The second-order valence-electron chi connectivity index (χ2n) is 7.28. The Balaban J connectivity index is 1.64. The molecule has 162 valence electrons. The summed E-state index contributed by atoms with van der Waals surface area (Å²) in [4.78, 5) is 17.8. The van der Waals surface area contributed by atoms with Crippen molar-refractivity contribution in [2.45, 2.75) is 3.79 Å². The molecule has 0 saturated carbocycles.